The van der Waals surface area contributed by atoms with Crippen molar-refractivity contribution in [2.24, 2.45) is 4.99 Å². The Bertz CT molecular complexity index is 2070. The molecule has 49 heavy (non-hydrogen) atoms. The molecule has 0 bridgehead atoms. The quantitative estimate of drug-likeness (QED) is 0.129. The van der Waals surface area contributed by atoms with Gasteiger partial charge in [0.2, 0.25) is 0 Å². The van der Waals surface area contributed by atoms with Gasteiger partial charge in [-0.3, -0.25) is 9.79 Å². The van der Waals surface area contributed by atoms with Crippen molar-refractivity contribution in [3.05, 3.63) is 120 Å². The molecule has 0 saturated carbocycles. The number of hydrogen-bond donors (Lipinski definition) is 2. The Morgan fingerprint density at radius 2 is 1.53 bits per heavy atom. The van der Waals surface area contributed by atoms with Crippen molar-refractivity contribution in [3.63, 3.8) is 0 Å². The zero-order valence-corrected chi connectivity index (χ0v) is 27.7. The Balaban J connectivity index is 0.907. The normalized spacial score (nSPS) is 15.5. The third kappa shape index (κ3) is 6.03. The maximum atomic E-state index is 13.1. The zero-order chi connectivity index (χ0) is 33.2. The molecule has 0 radical (unpaired) electrons. The minimum atomic E-state index is 0.0110. The molecular formula is C41H40N4O4. The first kappa shape index (κ1) is 30.8. The largest absolute Gasteiger partial charge is 0.494 e. The third-order valence-electron chi connectivity index (χ3n) is 9.83. The Labute approximate surface area is 285 Å². The van der Waals surface area contributed by atoms with Gasteiger partial charge in [0.05, 0.1) is 37.6 Å². The molecule has 8 nitrogen and oxygen atoms in total. The van der Waals surface area contributed by atoms with Gasteiger partial charge in [-0.05, 0) is 79.1 Å². The lowest BCUT2D eigenvalue weighted by atomic mass is 9.84. The maximum absolute atomic E-state index is 13.1. The topological polar surface area (TPSA) is 91.9 Å². The number of benzene rings is 4. The minimum Gasteiger partial charge on any atom is -0.494 e. The van der Waals surface area contributed by atoms with E-state index in [1.165, 1.54) is 27.5 Å². The highest BCUT2D eigenvalue weighted by atomic mass is 16.5. The number of H-pyrrole nitrogens is 2. The Morgan fingerprint density at radius 3 is 2.27 bits per heavy atom. The second-order valence-corrected chi connectivity index (χ2v) is 12.8. The highest BCUT2D eigenvalue weighted by Gasteiger charge is 2.32. The highest BCUT2D eigenvalue weighted by molar-refractivity contribution is 6.03. The van der Waals surface area contributed by atoms with Crippen LogP contribution in [0.2, 0.25) is 0 Å². The Hall–Kier alpha value is -5.50. The van der Waals surface area contributed by atoms with Crippen LogP contribution in [0, 0.1) is 0 Å². The number of carbonyl (C=O) groups is 1. The van der Waals surface area contributed by atoms with E-state index < -0.39 is 0 Å². The van der Waals surface area contributed by atoms with Crippen LogP contribution in [0.3, 0.4) is 0 Å². The molecule has 6 aromatic rings. The first-order chi connectivity index (χ1) is 24.2. The van der Waals surface area contributed by atoms with Crippen molar-refractivity contribution >= 4 is 39.6 Å². The van der Waals surface area contributed by atoms with Gasteiger partial charge in [-0.2, -0.15) is 0 Å². The number of carbonyl (C=O) groups excluding carboxylic acids is 1. The minimum absolute atomic E-state index is 0.0110. The summed E-state index contributed by atoms with van der Waals surface area (Å²) in [6.45, 7) is 1.92. The molecule has 4 aromatic carbocycles. The van der Waals surface area contributed by atoms with E-state index in [4.69, 9.17) is 14.2 Å². The summed E-state index contributed by atoms with van der Waals surface area (Å²) in [5, 5.41) is 2.44. The van der Waals surface area contributed by atoms with Gasteiger partial charge in [0, 0.05) is 58.9 Å². The average molecular weight is 653 g/mol. The molecule has 8 rings (SSSR count). The second kappa shape index (κ2) is 13.5. The van der Waals surface area contributed by atoms with Crippen molar-refractivity contribution < 1.29 is 19.0 Å². The van der Waals surface area contributed by atoms with E-state index in [0.29, 0.717) is 36.0 Å². The number of hydrogen-bond acceptors (Lipinski definition) is 5. The lowest BCUT2D eigenvalue weighted by Crippen LogP contribution is -2.35. The zero-order valence-electron chi connectivity index (χ0n) is 27.7. The van der Waals surface area contributed by atoms with Gasteiger partial charge >= 0.3 is 0 Å². The smallest absolute Gasteiger partial charge is 0.256 e. The molecule has 2 aliphatic rings. The number of para-hydroxylation sites is 2. The fraction of sp³-hybridized carbons (Fsp3) is 0.268. The second-order valence-electron chi connectivity index (χ2n) is 12.8. The number of amides is 1. The molecule has 8 heteroatoms. The molecule has 0 aliphatic carbocycles. The van der Waals surface area contributed by atoms with Gasteiger partial charge in [0.15, 0.2) is 11.5 Å². The molecule has 2 aromatic heterocycles. The molecule has 1 atom stereocenters. The monoisotopic (exact) mass is 652 g/mol. The van der Waals surface area contributed by atoms with Crippen molar-refractivity contribution in [2.45, 2.75) is 44.1 Å². The standard InChI is InChI=1S/C41H40N4O4/c1-47-38-22-32-37(42-24-28-12-10-18-45(28)41(32)46)23-39(38)49-20-8-2-7-19-48-29-13-9-11-27(21-29)40(33-25-43-35-16-5-3-14-30(33)35)34-26-44-36-17-6-4-15-31(34)36/h3-6,9,11,13-17,21-26,28,40,43-44H,2,7-8,10,12,18-20H2,1H3/t28-/m0/s1. The van der Waals surface area contributed by atoms with Gasteiger partial charge < -0.3 is 29.1 Å². The first-order valence-electron chi connectivity index (χ1n) is 17.2. The highest BCUT2D eigenvalue weighted by Crippen LogP contribution is 2.41. The van der Waals surface area contributed by atoms with Crippen LogP contribution in [0.15, 0.2) is 102 Å². The van der Waals surface area contributed by atoms with Crippen LogP contribution in [-0.4, -0.2) is 59.9 Å². The first-order valence-corrected chi connectivity index (χ1v) is 17.2. The van der Waals surface area contributed by atoms with Crippen molar-refractivity contribution in [1.29, 1.82) is 0 Å². The molecule has 2 aliphatic heterocycles. The predicted molar refractivity (Wildman–Crippen MR) is 194 cm³/mol. The van der Waals surface area contributed by atoms with Gasteiger partial charge in [0.25, 0.3) is 5.91 Å². The van der Waals surface area contributed by atoms with E-state index in [2.05, 4.69) is 94.1 Å². The summed E-state index contributed by atoms with van der Waals surface area (Å²) in [4.78, 5) is 26.7. The number of methoxy groups -OCH3 is 1. The van der Waals surface area contributed by atoms with E-state index in [1.807, 2.05) is 23.2 Å². The van der Waals surface area contributed by atoms with Crippen LogP contribution < -0.4 is 14.2 Å². The summed E-state index contributed by atoms with van der Waals surface area (Å²) < 4.78 is 18.0. The van der Waals surface area contributed by atoms with Gasteiger partial charge in [-0.25, -0.2) is 0 Å². The number of nitrogens with one attached hydrogen (secondary N) is 2. The van der Waals surface area contributed by atoms with E-state index in [1.54, 1.807) is 13.2 Å². The number of aliphatic imine (C=N–C) groups is 1. The summed E-state index contributed by atoms with van der Waals surface area (Å²) in [5.74, 6) is 2.07. The molecule has 0 unspecified atom stereocenters. The lowest BCUT2D eigenvalue weighted by molar-refractivity contribution is 0.0774. The van der Waals surface area contributed by atoms with Crippen LogP contribution in [-0.2, 0) is 0 Å². The fourth-order valence-electron chi connectivity index (χ4n) is 7.35. The summed E-state index contributed by atoms with van der Waals surface area (Å²) in [6, 6.07) is 29.1. The molecule has 2 N–H and O–H groups in total. The van der Waals surface area contributed by atoms with Crippen molar-refractivity contribution in [2.75, 3.05) is 26.9 Å². The van der Waals surface area contributed by atoms with Crippen molar-refractivity contribution in [1.82, 2.24) is 14.9 Å². The molecule has 1 amide bonds. The number of ether oxygens (including phenoxy) is 3. The fourth-order valence-corrected chi connectivity index (χ4v) is 7.35. The van der Waals surface area contributed by atoms with Crippen LogP contribution in [0.5, 0.6) is 17.2 Å². The predicted octanol–water partition coefficient (Wildman–Crippen LogP) is 8.79. The molecule has 4 heterocycles. The number of aromatic nitrogens is 2. The average Bonchev–Trinajstić information content (AvgIpc) is 3.88. The van der Waals surface area contributed by atoms with E-state index in [-0.39, 0.29) is 17.9 Å². The van der Waals surface area contributed by atoms with Gasteiger partial charge in [-0.15, -0.1) is 0 Å². The summed E-state index contributed by atoms with van der Waals surface area (Å²) in [5.41, 5.74) is 7.13. The third-order valence-corrected chi connectivity index (χ3v) is 9.83. The van der Waals surface area contributed by atoms with Gasteiger partial charge in [0.1, 0.15) is 5.75 Å². The maximum Gasteiger partial charge on any atom is 0.256 e. The molecule has 1 fully saturated rings. The molecular weight excluding hydrogens is 612 g/mol. The van der Waals surface area contributed by atoms with Crippen molar-refractivity contribution in [3.8, 4) is 17.2 Å². The number of nitrogens with zero attached hydrogens (tertiary/aromatic N) is 2. The Kier molecular flexibility index (Phi) is 8.52. The van der Waals surface area contributed by atoms with E-state index in [0.717, 1.165) is 55.4 Å². The van der Waals surface area contributed by atoms with Crippen LogP contribution in [0.4, 0.5) is 5.69 Å². The lowest BCUT2D eigenvalue weighted by Gasteiger charge is -2.20. The summed E-state index contributed by atoms with van der Waals surface area (Å²) in [7, 11) is 1.60. The number of rotatable bonds is 12. The Morgan fingerprint density at radius 1 is 0.816 bits per heavy atom. The van der Waals surface area contributed by atoms with Gasteiger partial charge in [-0.1, -0.05) is 48.5 Å². The molecule has 248 valence electrons. The molecule has 0 spiro atoms. The SMILES string of the molecule is COc1cc2c(cc1OCCCCCOc1cccc(C(c3c[nH]c4ccccc34)c3c[nH]c4ccccc34)c1)N=C[C@@H]1CCCN1C2=O. The summed E-state index contributed by atoms with van der Waals surface area (Å²) >= 11 is 0. The van der Waals surface area contributed by atoms with Crippen LogP contribution >= 0.6 is 0 Å². The number of fused-ring (bicyclic) bond motifs is 4. The summed E-state index contributed by atoms with van der Waals surface area (Å²) in [6.07, 6.45) is 10.9. The number of aromatic amines is 2. The number of unbranched alkanes of at least 4 members (excludes halogenated alkanes) is 2. The van der Waals surface area contributed by atoms with E-state index >= 15 is 0 Å². The van der Waals surface area contributed by atoms with Crippen LogP contribution in [0.25, 0.3) is 21.8 Å². The van der Waals surface area contributed by atoms with Crippen LogP contribution in [0.1, 0.15) is 65.1 Å². The van der Waals surface area contributed by atoms with E-state index in [9.17, 15) is 4.79 Å². The molecule has 1 saturated heterocycles.